The fraction of sp³-hybridized carbons (Fsp3) is 0.281. The fourth-order valence-corrected chi connectivity index (χ4v) is 6.64. The van der Waals surface area contributed by atoms with Crippen LogP contribution in [0.4, 0.5) is 5.69 Å². The second kappa shape index (κ2) is 12.4. The van der Waals surface area contributed by atoms with Gasteiger partial charge in [0.25, 0.3) is 5.56 Å². The first-order valence-corrected chi connectivity index (χ1v) is 15.1. The molecule has 1 aromatic heterocycles. The zero-order chi connectivity index (χ0) is 29.1. The van der Waals surface area contributed by atoms with Gasteiger partial charge in [0.15, 0.2) is 4.80 Å². The number of carbonyl (C=O) groups is 1. The molecule has 9 heteroatoms. The van der Waals surface area contributed by atoms with Crippen molar-refractivity contribution < 1.29 is 14.3 Å². The van der Waals surface area contributed by atoms with Gasteiger partial charge in [-0.3, -0.25) is 9.36 Å². The molecule has 7 nitrogen and oxygen atoms in total. The summed E-state index contributed by atoms with van der Waals surface area (Å²) in [6.07, 6.45) is 6.65. The summed E-state index contributed by atoms with van der Waals surface area (Å²) >= 11 is 5.02. The van der Waals surface area contributed by atoms with E-state index in [4.69, 9.17) is 9.47 Å². The predicted octanol–water partition coefficient (Wildman–Crippen LogP) is 5.22. The number of rotatable bonds is 8. The van der Waals surface area contributed by atoms with E-state index >= 15 is 0 Å². The lowest BCUT2D eigenvalue weighted by Crippen LogP contribution is -2.40. The average molecular weight is 635 g/mol. The van der Waals surface area contributed by atoms with Crippen molar-refractivity contribution in [1.82, 2.24) is 4.57 Å². The van der Waals surface area contributed by atoms with Gasteiger partial charge in [0.05, 0.1) is 28.5 Å². The van der Waals surface area contributed by atoms with E-state index in [2.05, 4.69) is 27.0 Å². The van der Waals surface area contributed by atoms with Crippen molar-refractivity contribution in [3.05, 3.63) is 119 Å². The molecule has 0 saturated heterocycles. The lowest BCUT2D eigenvalue weighted by atomic mass is 9.95. The Hall–Kier alpha value is -3.69. The number of ether oxygens (including phenoxy) is 2. The highest BCUT2D eigenvalue weighted by Crippen LogP contribution is 2.32. The smallest absolute Gasteiger partial charge is 0.338 e. The number of hydrogen-bond acceptors (Lipinski definition) is 7. The number of allylic oxidation sites excluding steroid dienone is 4. The Labute approximate surface area is 251 Å². The van der Waals surface area contributed by atoms with Gasteiger partial charge in [-0.05, 0) is 49.6 Å². The second-order valence-corrected chi connectivity index (χ2v) is 12.0. The van der Waals surface area contributed by atoms with Crippen LogP contribution in [0.25, 0.3) is 6.08 Å². The number of fused-ring (bicyclic) bond motifs is 1. The van der Waals surface area contributed by atoms with E-state index in [9.17, 15) is 9.59 Å². The summed E-state index contributed by atoms with van der Waals surface area (Å²) in [5, 5.41) is 0. The molecule has 0 fully saturated rings. The highest BCUT2D eigenvalue weighted by molar-refractivity contribution is 9.11. The number of nitrogens with zero attached hydrogens (tertiary/aromatic N) is 3. The lowest BCUT2D eigenvalue weighted by Gasteiger charge is -2.25. The van der Waals surface area contributed by atoms with Gasteiger partial charge in [-0.25, -0.2) is 9.79 Å². The van der Waals surface area contributed by atoms with Gasteiger partial charge in [0.2, 0.25) is 0 Å². The number of anilines is 1. The zero-order valence-corrected chi connectivity index (χ0v) is 25.9. The Morgan fingerprint density at radius 1 is 1.17 bits per heavy atom. The monoisotopic (exact) mass is 633 g/mol. The van der Waals surface area contributed by atoms with Crippen LogP contribution < -0.4 is 19.8 Å². The van der Waals surface area contributed by atoms with Gasteiger partial charge in [0.1, 0.15) is 12.4 Å². The molecule has 1 aliphatic carbocycles. The SMILES string of the molecule is CCOC(=O)C1=C(C)N=c2s/c(=C\[C@@H]3C=CC(OCc4ccccc4)=C(Br)C3)c(=O)n2[C@@H]1c1ccc(N(C)C)cc1. The van der Waals surface area contributed by atoms with Crippen molar-refractivity contribution in [3.8, 4) is 0 Å². The van der Waals surface area contributed by atoms with E-state index in [0.717, 1.165) is 27.1 Å². The van der Waals surface area contributed by atoms with Crippen LogP contribution in [0, 0.1) is 5.92 Å². The van der Waals surface area contributed by atoms with Gasteiger partial charge < -0.3 is 14.4 Å². The molecule has 2 heterocycles. The van der Waals surface area contributed by atoms with Crippen LogP contribution in [-0.2, 0) is 20.9 Å². The van der Waals surface area contributed by atoms with Crippen LogP contribution in [0.1, 0.15) is 37.4 Å². The molecule has 1 aliphatic heterocycles. The van der Waals surface area contributed by atoms with Crippen LogP contribution in [0.15, 0.2) is 98.0 Å². The van der Waals surface area contributed by atoms with E-state index in [1.54, 1.807) is 18.4 Å². The highest BCUT2D eigenvalue weighted by Gasteiger charge is 2.33. The maximum absolute atomic E-state index is 13.9. The van der Waals surface area contributed by atoms with Gasteiger partial charge in [-0.2, -0.15) is 0 Å². The Morgan fingerprint density at radius 3 is 2.56 bits per heavy atom. The highest BCUT2D eigenvalue weighted by atomic mass is 79.9. The maximum atomic E-state index is 13.9. The van der Waals surface area contributed by atoms with Crippen molar-refractivity contribution in [2.75, 3.05) is 25.6 Å². The normalized spacial score (nSPS) is 18.7. The van der Waals surface area contributed by atoms with Gasteiger partial charge in [0, 0.05) is 30.2 Å². The summed E-state index contributed by atoms with van der Waals surface area (Å²) < 4.78 is 14.6. The first-order valence-electron chi connectivity index (χ1n) is 13.5. The summed E-state index contributed by atoms with van der Waals surface area (Å²) in [5.41, 5.74) is 3.70. The minimum absolute atomic E-state index is 0.00161. The number of thiazole rings is 1. The molecule has 0 saturated carbocycles. The van der Waals surface area contributed by atoms with Crippen LogP contribution in [-0.4, -0.2) is 31.2 Å². The Balaban J connectivity index is 1.48. The van der Waals surface area contributed by atoms with Crippen LogP contribution in [0.2, 0.25) is 0 Å². The van der Waals surface area contributed by atoms with Crippen molar-refractivity contribution in [1.29, 1.82) is 0 Å². The Morgan fingerprint density at radius 2 is 1.90 bits per heavy atom. The first kappa shape index (κ1) is 28.8. The molecule has 3 aromatic rings. The average Bonchev–Trinajstić information content (AvgIpc) is 3.26. The Kier molecular flexibility index (Phi) is 8.75. The van der Waals surface area contributed by atoms with Crippen LogP contribution in [0.5, 0.6) is 0 Å². The minimum atomic E-state index is -0.629. The molecule has 41 heavy (non-hydrogen) atoms. The first-order chi connectivity index (χ1) is 19.8. The molecular weight excluding hydrogens is 602 g/mol. The molecule has 5 rings (SSSR count). The summed E-state index contributed by atoms with van der Waals surface area (Å²) in [4.78, 5) is 34.3. The predicted molar refractivity (Wildman–Crippen MR) is 166 cm³/mol. The molecule has 2 atom stereocenters. The van der Waals surface area contributed by atoms with Crippen molar-refractivity contribution in [2.24, 2.45) is 10.9 Å². The minimum Gasteiger partial charge on any atom is -0.488 e. The molecule has 0 spiro atoms. The van der Waals surface area contributed by atoms with Gasteiger partial charge in [-0.15, -0.1) is 0 Å². The quantitative estimate of drug-likeness (QED) is 0.318. The van der Waals surface area contributed by atoms with Crippen LogP contribution in [0.3, 0.4) is 0 Å². The number of carbonyl (C=O) groups excluding carboxylic acids is 1. The third-order valence-electron chi connectivity index (χ3n) is 7.02. The van der Waals surface area contributed by atoms with Crippen molar-refractivity contribution >= 4 is 45.0 Å². The molecule has 0 bridgehead atoms. The lowest BCUT2D eigenvalue weighted by molar-refractivity contribution is -0.139. The number of halogens is 1. The fourth-order valence-electron chi connectivity index (χ4n) is 4.92. The van der Waals surface area contributed by atoms with E-state index in [1.807, 2.05) is 85.7 Å². The van der Waals surface area contributed by atoms with Gasteiger partial charge >= 0.3 is 5.97 Å². The van der Waals surface area contributed by atoms with Crippen LogP contribution >= 0.6 is 27.3 Å². The maximum Gasteiger partial charge on any atom is 0.338 e. The molecule has 212 valence electrons. The van der Waals surface area contributed by atoms with Crippen molar-refractivity contribution in [3.63, 3.8) is 0 Å². The second-order valence-electron chi connectivity index (χ2n) is 10.1. The number of esters is 1. The van der Waals surface area contributed by atoms with E-state index in [1.165, 1.54) is 11.3 Å². The van der Waals surface area contributed by atoms with Crippen molar-refractivity contribution in [2.45, 2.75) is 32.9 Å². The summed E-state index contributed by atoms with van der Waals surface area (Å²) in [6, 6.07) is 17.3. The standard InChI is InChI=1S/C32H32BrN3O4S/c1-5-39-31(38)28-20(2)34-32-36(29(28)23-12-14-24(15-13-23)35(3)4)30(37)27(41-32)18-22-11-16-26(25(33)17-22)40-19-21-9-7-6-8-10-21/h6-16,18,22,29H,5,17,19H2,1-4H3/b27-18-/t22-,29-/m1/s1. The third kappa shape index (κ3) is 6.16. The molecule has 0 unspecified atom stereocenters. The van der Waals surface area contributed by atoms with Gasteiger partial charge in [-0.1, -0.05) is 81.9 Å². The Bertz CT molecular complexity index is 1720. The molecule has 0 N–H and O–H groups in total. The molecule has 0 radical (unpaired) electrons. The third-order valence-corrected chi connectivity index (χ3v) is 8.74. The summed E-state index contributed by atoms with van der Waals surface area (Å²) in [7, 11) is 3.94. The molecular formula is C32H32BrN3O4S. The molecule has 2 aliphatic rings. The topological polar surface area (TPSA) is 73.1 Å². The molecule has 2 aromatic carbocycles. The summed E-state index contributed by atoms with van der Waals surface area (Å²) in [5.74, 6) is 0.325. The molecule has 0 amide bonds. The largest absolute Gasteiger partial charge is 0.488 e. The van der Waals surface area contributed by atoms with E-state index in [0.29, 0.717) is 33.6 Å². The summed E-state index contributed by atoms with van der Waals surface area (Å²) in [6.45, 7) is 4.29. The number of hydrogen-bond donors (Lipinski definition) is 0. The number of aromatic nitrogens is 1. The van der Waals surface area contributed by atoms with E-state index < -0.39 is 12.0 Å². The van der Waals surface area contributed by atoms with E-state index in [-0.39, 0.29) is 18.1 Å². The number of benzene rings is 2. The zero-order valence-electron chi connectivity index (χ0n) is 23.5.